The predicted octanol–water partition coefficient (Wildman–Crippen LogP) is 4.82. The first-order valence-electron chi connectivity index (χ1n) is 8.81. The zero-order chi connectivity index (χ0) is 18.2. The molecule has 1 aromatic carbocycles. The van der Waals surface area contributed by atoms with Crippen LogP contribution in [0.15, 0.2) is 30.3 Å². The van der Waals surface area contributed by atoms with Gasteiger partial charge in [0.05, 0.1) is 0 Å². The number of nitrogens with zero attached hydrogens (tertiary/aromatic N) is 1. The molecule has 0 fully saturated rings. The monoisotopic (exact) mass is 333 g/mol. The summed E-state index contributed by atoms with van der Waals surface area (Å²) < 4.78 is 5.49. The number of ether oxygens (including phenoxy) is 1. The Morgan fingerprint density at radius 1 is 1.08 bits per heavy atom. The fraction of sp³-hybridized carbons (Fsp3) is 0.600. The normalized spacial score (nSPS) is 11.4. The molecular weight excluding hydrogens is 302 g/mol. The van der Waals surface area contributed by atoms with E-state index in [4.69, 9.17) is 4.74 Å². The topological polar surface area (TPSA) is 46.6 Å². The molecule has 0 radical (unpaired) electrons. The number of hydrogen-bond acceptors (Lipinski definition) is 3. The van der Waals surface area contributed by atoms with Gasteiger partial charge in [-0.15, -0.1) is 0 Å². The summed E-state index contributed by atoms with van der Waals surface area (Å²) in [7, 11) is 0. The van der Waals surface area contributed by atoms with Gasteiger partial charge in [0.2, 0.25) is 0 Å². The Morgan fingerprint density at radius 3 is 2.17 bits per heavy atom. The van der Waals surface area contributed by atoms with Crippen LogP contribution in [0.2, 0.25) is 0 Å². The average molecular weight is 333 g/mol. The molecule has 0 aliphatic carbocycles. The van der Waals surface area contributed by atoms with Crippen molar-refractivity contribution >= 4 is 11.9 Å². The van der Waals surface area contributed by atoms with Crippen molar-refractivity contribution in [2.75, 3.05) is 6.54 Å². The van der Waals surface area contributed by atoms with Crippen molar-refractivity contribution in [3.05, 3.63) is 35.9 Å². The van der Waals surface area contributed by atoms with E-state index in [1.165, 1.54) is 0 Å². The van der Waals surface area contributed by atoms with E-state index in [2.05, 4.69) is 0 Å². The molecule has 0 heterocycles. The van der Waals surface area contributed by atoms with Crippen LogP contribution in [0.1, 0.15) is 59.4 Å². The molecule has 0 N–H and O–H groups in total. The van der Waals surface area contributed by atoms with Crippen LogP contribution in [-0.4, -0.2) is 28.9 Å². The smallest absolute Gasteiger partial charge is 0.410 e. The Hall–Kier alpha value is -1.84. The number of benzene rings is 1. The Bertz CT molecular complexity index is 515. The molecule has 0 saturated heterocycles. The lowest BCUT2D eigenvalue weighted by Gasteiger charge is -2.27. The van der Waals surface area contributed by atoms with Crippen molar-refractivity contribution < 1.29 is 14.3 Å². The zero-order valence-corrected chi connectivity index (χ0v) is 15.7. The van der Waals surface area contributed by atoms with Gasteiger partial charge < -0.3 is 9.64 Å². The third-order valence-electron chi connectivity index (χ3n) is 3.94. The van der Waals surface area contributed by atoms with Crippen LogP contribution < -0.4 is 0 Å². The summed E-state index contributed by atoms with van der Waals surface area (Å²) in [4.78, 5) is 26.4. The average Bonchev–Trinajstić information content (AvgIpc) is 2.51. The molecule has 4 heteroatoms. The van der Waals surface area contributed by atoms with Gasteiger partial charge in [-0.1, -0.05) is 44.2 Å². The van der Waals surface area contributed by atoms with Gasteiger partial charge in [-0.05, 0) is 39.2 Å². The number of Topliss-reactive ketones (excluding diaryl/α,β-unsaturated/α-hetero) is 1. The van der Waals surface area contributed by atoms with Crippen LogP contribution in [0, 0.1) is 5.92 Å². The third-order valence-corrected chi connectivity index (χ3v) is 3.94. The maximum absolute atomic E-state index is 12.5. The number of carbonyl (C=O) groups excluding carboxylic acids is 2. The van der Waals surface area contributed by atoms with E-state index >= 15 is 0 Å². The van der Waals surface area contributed by atoms with E-state index in [1.807, 2.05) is 65.0 Å². The summed E-state index contributed by atoms with van der Waals surface area (Å²) in [5, 5.41) is 0. The second-order valence-electron chi connectivity index (χ2n) is 7.12. The van der Waals surface area contributed by atoms with E-state index < -0.39 is 5.60 Å². The SMILES string of the molecule is CCC(CC)C(=O)CCN(Cc1ccccc1)C(=O)OC(C)(C)C. The van der Waals surface area contributed by atoms with Crippen molar-refractivity contribution in [3.63, 3.8) is 0 Å². The molecule has 0 aliphatic rings. The lowest BCUT2D eigenvalue weighted by atomic mass is 9.96. The third kappa shape index (κ3) is 7.16. The highest BCUT2D eigenvalue weighted by atomic mass is 16.6. The molecule has 0 spiro atoms. The first kappa shape index (κ1) is 20.2. The standard InChI is InChI=1S/C20H31NO3/c1-6-17(7-2)18(22)13-14-21(19(23)24-20(3,4)5)15-16-11-9-8-10-12-16/h8-12,17H,6-7,13-15H2,1-5H3. The predicted molar refractivity (Wildman–Crippen MR) is 96.8 cm³/mol. The Morgan fingerprint density at radius 2 is 1.67 bits per heavy atom. The minimum absolute atomic E-state index is 0.0854. The van der Waals surface area contributed by atoms with Gasteiger partial charge in [-0.2, -0.15) is 0 Å². The summed E-state index contributed by atoms with van der Waals surface area (Å²) in [5.74, 6) is 0.309. The molecule has 1 aromatic rings. The maximum atomic E-state index is 12.5. The number of hydrogen-bond donors (Lipinski definition) is 0. The van der Waals surface area contributed by atoms with Crippen molar-refractivity contribution in [1.29, 1.82) is 0 Å². The highest BCUT2D eigenvalue weighted by Crippen LogP contribution is 2.15. The minimum Gasteiger partial charge on any atom is -0.444 e. The molecular formula is C20H31NO3. The molecule has 134 valence electrons. The van der Waals surface area contributed by atoms with Gasteiger partial charge in [0.25, 0.3) is 0 Å². The van der Waals surface area contributed by atoms with Gasteiger partial charge in [-0.25, -0.2) is 4.79 Å². The van der Waals surface area contributed by atoms with Gasteiger partial charge in [-0.3, -0.25) is 4.79 Å². The Kier molecular flexibility index (Phi) is 7.96. The zero-order valence-electron chi connectivity index (χ0n) is 15.7. The second kappa shape index (κ2) is 9.45. The Balaban J connectivity index is 2.77. The summed E-state index contributed by atoms with van der Waals surface area (Å²) in [5.41, 5.74) is 0.476. The van der Waals surface area contributed by atoms with E-state index in [0.717, 1.165) is 18.4 Å². The molecule has 0 aliphatic heterocycles. The van der Waals surface area contributed by atoms with Gasteiger partial charge in [0.1, 0.15) is 11.4 Å². The van der Waals surface area contributed by atoms with Gasteiger partial charge >= 0.3 is 6.09 Å². The molecule has 0 saturated carbocycles. The van der Waals surface area contributed by atoms with Crippen LogP contribution in [0.25, 0.3) is 0 Å². The summed E-state index contributed by atoms with van der Waals surface area (Å²) >= 11 is 0. The fourth-order valence-electron chi connectivity index (χ4n) is 2.56. The van der Waals surface area contributed by atoms with Crippen LogP contribution in [-0.2, 0) is 16.1 Å². The number of ketones is 1. The van der Waals surface area contributed by atoms with Gasteiger partial charge in [0, 0.05) is 25.4 Å². The molecule has 24 heavy (non-hydrogen) atoms. The first-order chi connectivity index (χ1) is 11.3. The van der Waals surface area contributed by atoms with Crippen molar-refractivity contribution in [3.8, 4) is 0 Å². The lowest BCUT2D eigenvalue weighted by Crippen LogP contribution is -2.38. The molecule has 4 nitrogen and oxygen atoms in total. The van der Waals surface area contributed by atoms with Gasteiger partial charge in [0.15, 0.2) is 0 Å². The van der Waals surface area contributed by atoms with Crippen molar-refractivity contribution in [2.45, 2.75) is 66.0 Å². The quantitative estimate of drug-likeness (QED) is 0.685. The highest BCUT2D eigenvalue weighted by Gasteiger charge is 2.24. The summed E-state index contributed by atoms with van der Waals surface area (Å²) in [6.07, 6.45) is 1.70. The first-order valence-corrected chi connectivity index (χ1v) is 8.81. The van der Waals surface area contributed by atoms with Crippen molar-refractivity contribution in [1.82, 2.24) is 4.90 Å². The molecule has 0 aromatic heterocycles. The highest BCUT2D eigenvalue weighted by molar-refractivity contribution is 5.81. The van der Waals surface area contributed by atoms with E-state index in [-0.39, 0.29) is 17.8 Å². The molecule has 0 bridgehead atoms. The molecule has 0 atom stereocenters. The number of amides is 1. The van der Waals surface area contributed by atoms with E-state index in [9.17, 15) is 9.59 Å². The Labute approximate surface area is 146 Å². The van der Waals surface area contributed by atoms with E-state index in [0.29, 0.717) is 19.5 Å². The molecule has 1 amide bonds. The largest absolute Gasteiger partial charge is 0.444 e. The second-order valence-corrected chi connectivity index (χ2v) is 7.12. The number of carbonyl (C=O) groups is 2. The molecule has 1 rings (SSSR count). The summed E-state index contributed by atoms with van der Waals surface area (Å²) in [6.45, 7) is 10.4. The van der Waals surface area contributed by atoms with Crippen LogP contribution >= 0.6 is 0 Å². The van der Waals surface area contributed by atoms with Crippen LogP contribution in [0.4, 0.5) is 4.79 Å². The molecule has 0 unspecified atom stereocenters. The summed E-state index contributed by atoms with van der Waals surface area (Å²) in [6, 6.07) is 9.77. The number of rotatable bonds is 8. The van der Waals surface area contributed by atoms with Crippen LogP contribution in [0.3, 0.4) is 0 Å². The van der Waals surface area contributed by atoms with Crippen molar-refractivity contribution in [2.24, 2.45) is 5.92 Å². The maximum Gasteiger partial charge on any atom is 0.410 e. The van der Waals surface area contributed by atoms with E-state index in [1.54, 1.807) is 4.90 Å². The lowest BCUT2D eigenvalue weighted by molar-refractivity contribution is -0.123. The fourth-order valence-corrected chi connectivity index (χ4v) is 2.56. The minimum atomic E-state index is -0.550. The van der Waals surface area contributed by atoms with Crippen LogP contribution in [0.5, 0.6) is 0 Å².